The lowest BCUT2D eigenvalue weighted by atomic mass is 10.0. The second-order valence-electron chi connectivity index (χ2n) is 4.21. The molecule has 0 aliphatic rings. The standard InChI is InChI=1S/C12H17NO3/c1-7-5-11(14)6-8(2)13(7)10(4)9(3)12(15)16/h5-6,9-10H,1-4H3,(H,15,16). The van der Waals surface area contributed by atoms with Crippen LogP contribution in [0.3, 0.4) is 0 Å². The maximum Gasteiger partial charge on any atom is 0.308 e. The summed E-state index contributed by atoms with van der Waals surface area (Å²) in [6.07, 6.45) is 0. The Hall–Kier alpha value is -1.58. The number of rotatable bonds is 3. The van der Waals surface area contributed by atoms with Crippen molar-refractivity contribution in [2.45, 2.75) is 33.7 Å². The fraction of sp³-hybridized carbons (Fsp3) is 0.500. The van der Waals surface area contributed by atoms with E-state index in [1.165, 1.54) is 12.1 Å². The number of nitrogens with zero attached hydrogens (tertiary/aromatic N) is 1. The molecule has 0 aromatic carbocycles. The van der Waals surface area contributed by atoms with E-state index in [1.807, 2.05) is 25.3 Å². The van der Waals surface area contributed by atoms with Crippen molar-refractivity contribution in [2.24, 2.45) is 5.92 Å². The molecule has 1 heterocycles. The molecule has 4 nitrogen and oxygen atoms in total. The van der Waals surface area contributed by atoms with E-state index in [1.54, 1.807) is 6.92 Å². The van der Waals surface area contributed by atoms with Crippen LogP contribution in [0.15, 0.2) is 16.9 Å². The Bertz CT molecular complexity index is 436. The van der Waals surface area contributed by atoms with Crippen molar-refractivity contribution in [3.63, 3.8) is 0 Å². The third-order valence-corrected chi connectivity index (χ3v) is 2.98. The van der Waals surface area contributed by atoms with Crippen molar-refractivity contribution in [2.75, 3.05) is 0 Å². The molecule has 2 unspecified atom stereocenters. The van der Waals surface area contributed by atoms with Gasteiger partial charge in [0.25, 0.3) is 0 Å². The number of carbonyl (C=O) groups is 1. The smallest absolute Gasteiger partial charge is 0.308 e. The van der Waals surface area contributed by atoms with Crippen molar-refractivity contribution in [3.8, 4) is 0 Å². The van der Waals surface area contributed by atoms with Crippen LogP contribution in [-0.2, 0) is 4.79 Å². The molecule has 0 saturated heterocycles. The molecule has 0 saturated carbocycles. The second kappa shape index (κ2) is 4.51. The first-order valence-electron chi connectivity index (χ1n) is 5.27. The van der Waals surface area contributed by atoms with Crippen LogP contribution in [-0.4, -0.2) is 15.6 Å². The number of pyridine rings is 1. The molecule has 1 N–H and O–H groups in total. The topological polar surface area (TPSA) is 59.3 Å². The van der Waals surface area contributed by atoms with Gasteiger partial charge in [-0.2, -0.15) is 0 Å². The fourth-order valence-corrected chi connectivity index (χ4v) is 1.94. The zero-order chi connectivity index (χ0) is 12.5. The SMILES string of the molecule is Cc1cc(=O)cc(C)n1C(C)C(C)C(=O)O. The Morgan fingerprint density at radius 1 is 1.25 bits per heavy atom. The van der Waals surface area contributed by atoms with Crippen LogP contribution in [0.4, 0.5) is 0 Å². The van der Waals surface area contributed by atoms with Gasteiger partial charge in [0, 0.05) is 29.6 Å². The molecule has 0 aliphatic carbocycles. The van der Waals surface area contributed by atoms with Crippen molar-refractivity contribution in [3.05, 3.63) is 33.7 Å². The Labute approximate surface area is 94.5 Å². The van der Waals surface area contributed by atoms with E-state index in [2.05, 4.69) is 0 Å². The largest absolute Gasteiger partial charge is 0.481 e. The van der Waals surface area contributed by atoms with Crippen LogP contribution >= 0.6 is 0 Å². The van der Waals surface area contributed by atoms with E-state index in [4.69, 9.17) is 5.11 Å². The van der Waals surface area contributed by atoms with Gasteiger partial charge in [-0.15, -0.1) is 0 Å². The molecule has 0 aliphatic heterocycles. The number of aromatic nitrogens is 1. The van der Waals surface area contributed by atoms with Crippen LogP contribution in [0.2, 0.25) is 0 Å². The summed E-state index contributed by atoms with van der Waals surface area (Å²) in [6, 6.07) is 2.88. The first-order chi connectivity index (χ1) is 7.34. The number of carboxylic acid groups (broad SMARTS) is 1. The van der Waals surface area contributed by atoms with E-state index in [0.717, 1.165) is 11.4 Å². The summed E-state index contributed by atoms with van der Waals surface area (Å²) in [7, 11) is 0. The molecule has 0 amide bonds. The van der Waals surface area contributed by atoms with Gasteiger partial charge < -0.3 is 9.67 Å². The van der Waals surface area contributed by atoms with Gasteiger partial charge in [0.05, 0.1) is 5.92 Å². The first-order valence-corrected chi connectivity index (χ1v) is 5.27. The van der Waals surface area contributed by atoms with E-state index in [9.17, 15) is 9.59 Å². The van der Waals surface area contributed by atoms with E-state index in [0.29, 0.717) is 0 Å². The maximum atomic E-state index is 11.3. The number of aryl methyl sites for hydroxylation is 2. The lowest BCUT2D eigenvalue weighted by molar-refractivity contribution is -0.142. The highest BCUT2D eigenvalue weighted by molar-refractivity contribution is 5.70. The summed E-state index contributed by atoms with van der Waals surface area (Å²) in [4.78, 5) is 22.2. The summed E-state index contributed by atoms with van der Waals surface area (Å²) in [5.41, 5.74) is 1.55. The van der Waals surface area contributed by atoms with Crippen molar-refractivity contribution in [1.29, 1.82) is 0 Å². The monoisotopic (exact) mass is 223 g/mol. The number of carboxylic acids is 1. The quantitative estimate of drug-likeness (QED) is 0.849. The highest BCUT2D eigenvalue weighted by Crippen LogP contribution is 2.20. The molecule has 16 heavy (non-hydrogen) atoms. The van der Waals surface area contributed by atoms with Crippen LogP contribution in [0.5, 0.6) is 0 Å². The molecule has 1 aromatic rings. The molecule has 0 radical (unpaired) electrons. The molecule has 88 valence electrons. The average Bonchev–Trinajstić information content (AvgIpc) is 2.14. The molecular weight excluding hydrogens is 206 g/mol. The Morgan fingerprint density at radius 2 is 1.69 bits per heavy atom. The lowest BCUT2D eigenvalue weighted by Gasteiger charge is -2.24. The summed E-state index contributed by atoms with van der Waals surface area (Å²) < 4.78 is 1.89. The number of hydrogen-bond donors (Lipinski definition) is 1. The molecule has 2 atom stereocenters. The number of aliphatic carboxylic acids is 1. The van der Waals surface area contributed by atoms with Gasteiger partial charge in [-0.25, -0.2) is 0 Å². The fourth-order valence-electron chi connectivity index (χ4n) is 1.94. The summed E-state index contributed by atoms with van der Waals surface area (Å²) in [5, 5.41) is 8.98. The summed E-state index contributed by atoms with van der Waals surface area (Å²) in [5.74, 6) is -1.31. The first kappa shape index (κ1) is 12.5. The molecule has 1 rings (SSSR count). The lowest BCUT2D eigenvalue weighted by Crippen LogP contribution is -2.25. The van der Waals surface area contributed by atoms with Gasteiger partial charge in [0.15, 0.2) is 5.43 Å². The minimum Gasteiger partial charge on any atom is -0.481 e. The van der Waals surface area contributed by atoms with Gasteiger partial charge in [-0.3, -0.25) is 9.59 Å². The third-order valence-electron chi connectivity index (χ3n) is 2.98. The molecule has 0 fully saturated rings. The predicted octanol–water partition coefficient (Wildman–Crippen LogP) is 1.75. The Balaban J connectivity index is 3.23. The van der Waals surface area contributed by atoms with Gasteiger partial charge in [0.1, 0.15) is 0 Å². The number of hydrogen-bond acceptors (Lipinski definition) is 2. The van der Waals surface area contributed by atoms with Gasteiger partial charge in [0.2, 0.25) is 0 Å². The summed E-state index contributed by atoms with van der Waals surface area (Å²) in [6.45, 7) is 7.16. The van der Waals surface area contributed by atoms with Crippen molar-refractivity contribution in [1.82, 2.24) is 4.57 Å². The highest BCUT2D eigenvalue weighted by atomic mass is 16.4. The van der Waals surface area contributed by atoms with Crippen LogP contribution in [0, 0.1) is 19.8 Å². The van der Waals surface area contributed by atoms with Gasteiger partial charge in [-0.1, -0.05) is 0 Å². The van der Waals surface area contributed by atoms with Crippen molar-refractivity contribution < 1.29 is 9.90 Å². The second-order valence-corrected chi connectivity index (χ2v) is 4.21. The predicted molar refractivity (Wildman–Crippen MR) is 61.7 cm³/mol. The third kappa shape index (κ3) is 2.32. The average molecular weight is 223 g/mol. The van der Waals surface area contributed by atoms with E-state index in [-0.39, 0.29) is 11.5 Å². The molecular formula is C12H17NO3. The molecule has 4 heteroatoms. The normalized spacial score (nSPS) is 14.5. The Morgan fingerprint density at radius 3 is 2.06 bits per heavy atom. The minimum atomic E-state index is -0.829. The molecule has 0 spiro atoms. The molecule has 1 aromatic heterocycles. The van der Waals surface area contributed by atoms with Gasteiger partial charge in [-0.05, 0) is 27.7 Å². The highest BCUT2D eigenvalue weighted by Gasteiger charge is 2.22. The van der Waals surface area contributed by atoms with Gasteiger partial charge >= 0.3 is 5.97 Å². The zero-order valence-electron chi connectivity index (χ0n) is 10.0. The zero-order valence-corrected chi connectivity index (χ0v) is 10.0. The van der Waals surface area contributed by atoms with Crippen LogP contribution in [0.1, 0.15) is 31.3 Å². The summed E-state index contributed by atoms with van der Waals surface area (Å²) >= 11 is 0. The Kier molecular flexibility index (Phi) is 3.52. The molecule has 0 bridgehead atoms. The van der Waals surface area contributed by atoms with E-state index >= 15 is 0 Å². The van der Waals surface area contributed by atoms with Crippen LogP contribution < -0.4 is 5.43 Å². The van der Waals surface area contributed by atoms with Crippen LogP contribution in [0.25, 0.3) is 0 Å². The van der Waals surface area contributed by atoms with Crippen molar-refractivity contribution >= 4 is 5.97 Å². The van der Waals surface area contributed by atoms with E-state index < -0.39 is 11.9 Å². The maximum absolute atomic E-state index is 11.3. The minimum absolute atomic E-state index is 0.0403.